The van der Waals surface area contributed by atoms with Crippen LogP contribution in [0.25, 0.3) is 0 Å². The van der Waals surface area contributed by atoms with Gasteiger partial charge in [-0.3, -0.25) is 0 Å². The van der Waals surface area contributed by atoms with Crippen LogP contribution in [0.5, 0.6) is 0 Å². The van der Waals surface area contributed by atoms with Gasteiger partial charge in [0.05, 0.1) is 6.04 Å². The van der Waals surface area contributed by atoms with Gasteiger partial charge in [-0.1, -0.05) is 90.1 Å². The molecule has 2 unspecified atom stereocenters. The molecule has 0 heterocycles. The summed E-state index contributed by atoms with van der Waals surface area (Å²) in [4.78, 5) is 0. The van der Waals surface area contributed by atoms with Crippen molar-refractivity contribution in [3.05, 3.63) is 70.8 Å². The van der Waals surface area contributed by atoms with Crippen LogP contribution in [-0.2, 0) is 28.4 Å². The third-order valence-corrected chi connectivity index (χ3v) is 5.61. The lowest BCUT2D eigenvalue weighted by Gasteiger charge is -2.24. The molecule has 2 aromatic carbocycles. The van der Waals surface area contributed by atoms with Gasteiger partial charge in [-0.25, -0.2) is 0 Å². The van der Waals surface area contributed by atoms with E-state index in [9.17, 15) is 0 Å². The second-order valence-corrected chi connectivity index (χ2v) is 10.7. The number of methoxy groups -OCH3 is 1. The summed E-state index contributed by atoms with van der Waals surface area (Å²) in [5, 5.41) is 9.18. The molecule has 0 fully saturated rings. The summed E-state index contributed by atoms with van der Waals surface area (Å²) >= 11 is 0. The highest BCUT2D eigenvalue weighted by atomic mass is 16.5. The Morgan fingerprint density at radius 2 is 1.17 bits per heavy atom. The Balaban J connectivity index is 2.02. The van der Waals surface area contributed by atoms with E-state index in [0.717, 1.165) is 6.42 Å². The Hall–Kier alpha value is -2.00. The fourth-order valence-corrected chi connectivity index (χ4v) is 3.39. The standard InChI is InChI=1S/C27H40N2O/c1-20(18-21-10-14-23(15-11-21)25(2,3)4)28-29-27(8,30-9)19-22-12-16-24(17-13-22)26(5,6)7/h10-17,20H,18-19H2,1-9H3. The van der Waals surface area contributed by atoms with E-state index in [4.69, 9.17) is 4.74 Å². The fraction of sp³-hybridized carbons (Fsp3) is 0.556. The molecule has 2 aromatic rings. The second kappa shape index (κ2) is 9.43. The molecule has 30 heavy (non-hydrogen) atoms. The number of ether oxygens (including phenoxy) is 1. The van der Waals surface area contributed by atoms with Crippen LogP contribution in [0.15, 0.2) is 58.8 Å². The fourth-order valence-electron chi connectivity index (χ4n) is 3.39. The smallest absolute Gasteiger partial charge is 0.179 e. The van der Waals surface area contributed by atoms with Gasteiger partial charge in [-0.05, 0) is 53.4 Å². The van der Waals surface area contributed by atoms with Crippen molar-refractivity contribution in [3.63, 3.8) is 0 Å². The predicted octanol–water partition coefficient (Wildman–Crippen LogP) is 7.27. The first-order chi connectivity index (χ1) is 13.8. The Morgan fingerprint density at radius 1 is 0.733 bits per heavy atom. The van der Waals surface area contributed by atoms with E-state index in [1.165, 1.54) is 22.3 Å². The van der Waals surface area contributed by atoms with Gasteiger partial charge in [0.15, 0.2) is 5.72 Å². The van der Waals surface area contributed by atoms with Crippen LogP contribution in [0.3, 0.4) is 0 Å². The Bertz CT molecular complexity index is 823. The van der Waals surface area contributed by atoms with Gasteiger partial charge in [-0.2, -0.15) is 10.2 Å². The van der Waals surface area contributed by atoms with Crippen LogP contribution in [0.1, 0.15) is 77.6 Å². The average Bonchev–Trinajstić information content (AvgIpc) is 2.66. The van der Waals surface area contributed by atoms with Gasteiger partial charge in [0.25, 0.3) is 0 Å². The zero-order chi connectivity index (χ0) is 22.6. The van der Waals surface area contributed by atoms with Crippen LogP contribution in [0, 0.1) is 0 Å². The summed E-state index contributed by atoms with van der Waals surface area (Å²) in [5.41, 5.74) is 4.85. The molecule has 3 nitrogen and oxygen atoms in total. The predicted molar refractivity (Wildman–Crippen MR) is 127 cm³/mol. The van der Waals surface area contributed by atoms with Gasteiger partial charge in [0.1, 0.15) is 0 Å². The Kier molecular flexibility index (Phi) is 7.63. The van der Waals surface area contributed by atoms with Gasteiger partial charge in [0.2, 0.25) is 0 Å². The van der Waals surface area contributed by atoms with Crippen LogP contribution in [0.2, 0.25) is 0 Å². The number of rotatable bonds is 7. The third-order valence-electron chi connectivity index (χ3n) is 5.61. The molecule has 0 spiro atoms. The maximum absolute atomic E-state index is 5.73. The third kappa shape index (κ3) is 7.05. The molecule has 0 saturated carbocycles. The molecule has 0 radical (unpaired) electrons. The van der Waals surface area contributed by atoms with Crippen molar-refractivity contribution in [2.75, 3.05) is 7.11 Å². The number of azo groups is 1. The van der Waals surface area contributed by atoms with E-state index < -0.39 is 5.72 Å². The highest BCUT2D eigenvalue weighted by Gasteiger charge is 2.24. The number of benzene rings is 2. The molecule has 0 aromatic heterocycles. The first kappa shape index (κ1) is 24.3. The number of hydrogen-bond acceptors (Lipinski definition) is 3. The molecule has 0 aliphatic carbocycles. The molecule has 0 amide bonds. The molecule has 164 valence electrons. The summed E-state index contributed by atoms with van der Waals surface area (Å²) < 4.78 is 5.73. The van der Waals surface area contributed by atoms with Gasteiger partial charge in [-0.15, -0.1) is 0 Å². The van der Waals surface area contributed by atoms with Crippen molar-refractivity contribution in [2.45, 2.75) is 90.8 Å². The lowest BCUT2D eigenvalue weighted by atomic mass is 9.86. The molecule has 2 rings (SSSR count). The molecule has 2 atom stereocenters. The number of nitrogens with zero attached hydrogens (tertiary/aromatic N) is 2. The minimum atomic E-state index is -0.659. The van der Waals surface area contributed by atoms with Gasteiger partial charge < -0.3 is 4.74 Å². The van der Waals surface area contributed by atoms with Crippen LogP contribution >= 0.6 is 0 Å². The first-order valence-electron chi connectivity index (χ1n) is 11.0. The maximum Gasteiger partial charge on any atom is 0.179 e. The zero-order valence-corrected chi connectivity index (χ0v) is 20.4. The topological polar surface area (TPSA) is 34.0 Å². The molecular formula is C27H40N2O. The quantitative estimate of drug-likeness (QED) is 0.443. The van der Waals surface area contributed by atoms with Crippen LogP contribution < -0.4 is 0 Å². The zero-order valence-electron chi connectivity index (χ0n) is 20.4. The molecule has 0 N–H and O–H groups in total. The lowest BCUT2D eigenvalue weighted by molar-refractivity contribution is 0.00673. The van der Waals surface area contributed by atoms with E-state index in [0.29, 0.717) is 6.42 Å². The highest BCUT2D eigenvalue weighted by Crippen LogP contribution is 2.26. The minimum Gasteiger partial charge on any atom is -0.355 e. The number of hydrogen-bond donors (Lipinski definition) is 0. The normalized spacial score (nSPS) is 15.9. The summed E-state index contributed by atoms with van der Waals surface area (Å²) in [6.45, 7) is 17.5. The van der Waals surface area contributed by atoms with Crippen molar-refractivity contribution in [3.8, 4) is 0 Å². The largest absolute Gasteiger partial charge is 0.355 e. The second-order valence-electron chi connectivity index (χ2n) is 10.7. The molecule has 0 bridgehead atoms. The van der Waals surface area contributed by atoms with Crippen LogP contribution in [0.4, 0.5) is 0 Å². The average molecular weight is 409 g/mol. The molecular weight excluding hydrogens is 368 g/mol. The SMILES string of the molecule is COC(C)(Cc1ccc(C(C)(C)C)cc1)N=NC(C)Cc1ccc(C(C)(C)C)cc1. The Labute approximate surface area is 184 Å². The van der Waals surface area contributed by atoms with E-state index in [-0.39, 0.29) is 16.9 Å². The summed E-state index contributed by atoms with van der Waals surface area (Å²) in [6, 6.07) is 17.7. The summed E-state index contributed by atoms with van der Waals surface area (Å²) in [7, 11) is 1.71. The van der Waals surface area contributed by atoms with Crippen molar-refractivity contribution >= 4 is 0 Å². The molecule has 0 aliphatic heterocycles. The van der Waals surface area contributed by atoms with Crippen LogP contribution in [-0.4, -0.2) is 18.9 Å². The monoisotopic (exact) mass is 408 g/mol. The van der Waals surface area contributed by atoms with E-state index in [1.54, 1.807) is 7.11 Å². The van der Waals surface area contributed by atoms with Crippen molar-refractivity contribution in [1.29, 1.82) is 0 Å². The van der Waals surface area contributed by atoms with Crippen molar-refractivity contribution in [1.82, 2.24) is 0 Å². The minimum absolute atomic E-state index is 0.100. The molecule has 0 aliphatic rings. The van der Waals surface area contributed by atoms with E-state index in [1.807, 2.05) is 6.92 Å². The maximum atomic E-state index is 5.73. The van der Waals surface area contributed by atoms with Gasteiger partial charge in [0, 0.05) is 13.5 Å². The van der Waals surface area contributed by atoms with Crippen molar-refractivity contribution in [2.24, 2.45) is 10.2 Å². The highest BCUT2D eigenvalue weighted by molar-refractivity contribution is 5.29. The molecule has 3 heteroatoms. The van der Waals surface area contributed by atoms with Gasteiger partial charge >= 0.3 is 0 Å². The summed E-state index contributed by atoms with van der Waals surface area (Å²) in [5.74, 6) is 0. The van der Waals surface area contributed by atoms with Crippen molar-refractivity contribution < 1.29 is 4.74 Å². The first-order valence-corrected chi connectivity index (χ1v) is 11.0. The summed E-state index contributed by atoms with van der Waals surface area (Å²) in [6.07, 6.45) is 1.57. The lowest BCUT2D eigenvalue weighted by Crippen LogP contribution is -2.27. The van der Waals surface area contributed by atoms with E-state index >= 15 is 0 Å². The molecule has 0 saturated heterocycles. The Morgan fingerprint density at radius 3 is 1.57 bits per heavy atom. The van der Waals surface area contributed by atoms with E-state index in [2.05, 4.69) is 107 Å².